The second-order valence-electron chi connectivity index (χ2n) is 4.27. The van der Waals surface area contributed by atoms with Crippen LogP contribution in [0, 0.1) is 0 Å². The van der Waals surface area contributed by atoms with Gasteiger partial charge in [-0.05, 0) is 35.5 Å². The maximum absolute atomic E-state index is 11.5. The molecule has 1 aromatic carbocycles. The Balaban J connectivity index is 2.51. The summed E-state index contributed by atoms with van der Waals surface area (Å²) in [7, 11) is 1.85. The van der Waals surface area contributed by atoms with Gasteiger partial charge in [-0.25, -0.2) is 0 Å². The molecule has 1 aromatic rings. The SMILES string of the molecule is CCCNC(=O)CN(C)Cc1cccc(Br)c1O. The third-order valence-corrected chi connectivity index (χ3v) is 3.14. The first-order valence-corrected chi connectivity index (χ1v) is 6.75. The molecule has 1 amide bonds. The Labute approximate surface area is 116 Å². The largest absolute Gasteiger partial charge is 0.506 e. The predicted octanol–water partition coefficient (Wildman–Crippen LogP) is 2.11. The van der Waals surface area contributed by atoms with Crippen LogP contribution < -0.4 is 5.32 Å². The van der Waals surface area contributed by atoms with Gasteiger partial charge in [0, 0.05) is 18.7 Å². The molecule has 0 aliphatic heterocycles. The maximum atomic E-state index is 11.5. The highest BCUT2D eigenvalue weighted by Crippen LogP contribution is 2.27. The van der Waals surface area contributed by atoms with Crippen molar-refractivity contribution in [3.63, 3.8) is 0 Å². The van der Waals surface area contributed by atoms with Gasteiger partial charge in [0.1, 0.15) is 5.75 Å². The van der Waals surface area contributed by atoms with Gasteiger partial charge in [-0.3, -0.25) is 9.69 Å². The van der Waals surface area contributed by atoms with Crippen LogP contribution in [0.2, 0.25) is 0 Å². The Morgan fingerprint density at radius 2 is 2.22 bits per heavy atom. The first-order chi connectivity index (χ1) is 8.54. The summed E-state index contributed by atoms with van der Waals surface area (Å²) in [6, 6.07) is 5.50. The van der Waals surface area contributed by atoms with E-state index < -0.39 is 0 Å². The van der Waals surface area contributed by atoms with Crippen LogP contribution in [0.3, 0.4) is 0 Å². The Morgan fingerprint density at radius 1 is 1.50 bits per heavy atom. The molecule has 1 rings (SSSR count). The summed E-state index contributed by atoms with van der Waals surface area (Å²) in [5, 5.41) is 12.7. The molecule has 0 atom stereocenters. The fourth-order valence-corrected chi connectivity index (χ4v) is 2.01. The molecule has 18 heavy (non-hydrogen) atoms. The molecular weight excluding hydrogens is 296 g/mol. The van der Waals surface area contributed by atoms with E-state index in [4.69, 9.17) is 0 Å². The Bertz CT molecular complexity index is 410. The van der Waals surface area contributed by atoms with Gasteiger partial charge in [-0.15, -0.1) is 0 Å². The summed E-state index contributed by atoms with van der Waals surface area (Å²) < 4.78 is 0.670. The highest BCUT2D eigenvalue weighted by molar-refractivity contribution is 9.10. The number of nitrogens with one attached hydrogen (secondary N) is 1. The van der Waals surface area contributed by atoms with Crippen molar-refractivity contribution in [1.82, 2.24) is 10.2 Å². The molecule has 100 valence electrons. The van der Waals surface area contributed by atoms with Crippen molar-refractivity contribution in [1.29, 1.82) is 0 Å². The number of para-hydroxylation sites is 1. The van der Waals surface area contributed by atoms with Crippen LogP contribution in [0.5, 0.6) is 5.75 Å². The molecular formula is C13H19BrN2O2. The van der Waals surface area contributed by atoms with E-state index in [-0.39, 0.29) is 11.7 Å². The number of phenolic OH excluding ortho intramolecular Hbond substituents is 1. The van der Waals surface area contributed by atoms with E-state index >= 15 is 0 Å². The maximum Gasteiger partial charge on any atom is 0.234 e. The number of nitrogens with zero attached hydrogens (tertiary/aromatic N) is 1. The third-order valence-electron chi connectivity index (χ3n) is 2.50. The minimum absolute atomic E-state index is 0.00818. The van der Waals surface area contributed by atoms with E-state index in [0.29, 0.717) is 24.1 Å². The smallest absolute Gasteiger partial charge is 0.234 e. The molecule has 0 aromatic heterocycles. The van der Waals surface area contributed by atoms with Crippen LogP contribution >= 0.6 is 15.9 Å². The van der Waals surface area contributed by atoms with Gasteiger partial charge in [0.25, 0.3) is 0 Å². The normalized spacial score (nSPS) is 10.7. The first kappa shape index (κ1) is 15.0. The number of carbonyl (C=O) groups is 1. The average Bonchev–Trinajstić information content (AvgIpc) is 2.32. The summed E-state index contributed by atoms with van der Waals surface area (Å²) in [5.41, 5.74) is 0.801. The highest BCUT2D eigenvalue weighted by atomic mass is 79.9. The topological polar surface area (TPSA) is 52.6 Å². The van der Waals surface area contributed by atoms with Gasteiger partial charge in [-0.2, -0.15) is 0 Å². The van der Waals surface area contributed by atoms with Crippen LogP contribution in [-0.2, 0) is 11.3 Å². The van der Waals surface area contributed by atoms with Crippen molar-refractivity contribution in [2.45, 2.75) is 19.9 Å². The number of benzene rings is 1. The van der Waals surface area contributed by atoms with Gasteiger partial charge in [0.05, 0.1) is 11.0 Å². The van der Waals surface area contributed by atoms with Crippen LogP contribution in [0.1, 0.15) is 18.9 Å². The first-order valence-electron chi connectivity index (χ1n) is 5.96. The molecule has 0 aliphatic carbocycles. The molecule has 0 unspecified atom stereocenters. The Kier molecular flexibility index (Phi) is 6.15. The number of likely N-dealkylation sites (N-methyl/N-ethyl adjacent to an activating group) is 1. The quantitative estimate of drug-likeness (QED) is 0.845. The van der Waals surface area contributed by atoms with E-state index in [2.05, 4.69) is 21.2 Å². The number of halogens is 1. The van der Waals surface area contributed by atoms with E-state index in [1.165, 1.54) is 0 Å². The lowest BCUT2D eigenvalue weighted by Gasteiger charge is -2.17. The van der Waals surface area contributed by atoms with Gasteiger partial charge >= 0.3 is 0 Å². The third kappa shape index (κ3) is 4.66. The van der Waals surface area contributed by atoms with E-state index in [9.17, 15) is 9.90 Å². The average molecular weight is 315 g/mol. The summed E-state index contributed by atoms with van der Waals surface area (Å²) >= 11 is 3.27. The molecule has 0 heterocycles. The van der Waals surface area contributed by atoms with Crippen LogP contribution in [0.4, 0.5) is 0 Å². The molecule has 0 saturated carbocycles. The van der Waals surface area contributed by atoms with Gasteiger partial charge < -0.3 is 10.4 Å². The molecule has 0 fully saturated rings. The summed E-state index contributed by atoms with van der Waals surface area (Å²) in [5.74, 6) is 0.243. The Morgan fingerprint density at radius 3 is 2.89 bits per heavy atom. The van der Waals surface area contributed by atoms with Gasteiger partial charge in [0.2, 0.25) is 5.91 Å². The van der Waals surface area contributed by atoms with Crippen molar-refractivity contribution in [3.05, 3.63) is 28.2 Å². The minimum atomic E-state index is 0.00818. The molecule has 0 radical (unpaired) electrons. The zero-order valence-electron chi connectivity index (χ0n) is 10.7. The van der Waals surface area contributed by atoms with E-state index in [0.717, 1.165) is 12.0 Å². The van der Waals surface area contributed by atoms with Crippen molar-refractivity contribution in [3.8, 4) is 5.75 Å². The molecule has 0 aliphatic rings. The van der Waals surface area contributed by atoms with Crippen molar-refractivity contribution in [2.75, 3.05) is 20.1 Å². The van der Waals surface area contributed by atoms with Gasteiger partial charge in [0.15, 0.2) is 0 Å². The highest BCUT2D eigenvalue weighted by Gasteiger charge is 2.10. The number of hydrogen-bond acceptors (Lipinski definition) is 3. The van der Waals surface area contributed by atoms with Gasteiger partial charge in [-0.1, -0.05) is 19.1 Å². The summed E-state index contributed by atoms with van der Waals surface area (Å²) in [6.45, 7) is 3.58. The zero-order chi connectivity index (χ0) is 13.5. The fraction of sp³-hybridized carbons (Fsp3) is 0.462. The number of rotatable bonds is 6. The second-order valence-corrected chi connectivity index (χ2v) is 5.12. The predicted molar refractivity (Wildman–Crippen MR) is 75.4 cm³/mol. The van der Waals surface area contributed by atoms with Crippen molar-refractivity contribution < 1.29 is 9.90 Å². The standard InChI is InChI=1S/C13H19BrN2O2/c1-3-7-15-12(17)9-16(2)8-10-5-4-6-11(14)13(10)18/h4-6,18H,3,7-9H2,1-2H3,(H,15,17). The van der Waals surface area contributed by atoms with Crippen molar-refractivity contribution >= 4 is 21.8 Å². The number of amides is 1. The van der Waals surface area contributed by atoms with E-state index in [1.54, 1.807) is 6.07 Å². The summed E-state index contributed by atoms with van der Waals surface area (Å²) in [6.07, 6.45) is 0.932. The molecule has 0 saturated heterocycles. The fourth-order valence-electron chi connectivity index (χ4n) is 1.60. The number of hydrogen-bond donors (Lipinski definition) is 2. The molecule has 4 nitrogen and oxygen atoms in total. The van der Waals surface area contributed by atoms with Crippen LogP contribution in [0.15, 0.2) is 22.7 Å². The van der Waals surface area contributed by atoms with Crippen LogP contribution in [-0.4, -0.2) is 36.1 Å². The zero-order valence-corrected chi connectivity index (χ0v) is 12.3. The molecule has 5 heteroatoms. The number of aromatic hydroxyl groups is 1. The number of carbonyl (C=O) groups excluding carboxylic acids is 1. The lowest BCUT2D eigenvalue weighted by Crippen LogP contribution is -2.35. The van der Waals surface area contributed by atoms with Crippen LogP contribution in [0.25, 0.3) is 0 Å². The van der Waals surface area contributed by atoms with E-state index in [1.807, 2.05) is 31.0 Å². The number of phenols is 1. The van der Waals surface area contributed by atoms with Crippen molar-refractivity contribution in [2.24, 2.45) is 0 Å². The monoisotopic (exact) mass is 314 g/mol. The second kappa shape index (κ2) is 7.38. The molecule has 0 spiro atoms. The molecule has 2 N–H and O–H groups in total. The lowest BCUT2D eigenvalue weighted by atomic mass is 10.2. The lowest BCUT2D eigenvalue weighted by molar-refractivity contribution is -0.122. The molecule has 0 bridgehead atoms. The summed E-state index contributed by atoms with van der Waals surface area (Å²) in [4.78, 5) is 13.4. The Hall–Kier alpha value is -1.07. The minimum Gasteiger partial charge on any atom is -0.506 e.